The van der Waals surface area contributed by atoms with Crippen molar-refractivity contribution in [1.29, 1.82) is 0 Å². The van der Waals surface area contributed by atoms with Gasteiger partial charge in [0.15, 0.2) is 6.61 Å². The molecule has 0 N–H and O–H groups in total. The lowest BCUT2D eigenvalue weighted by atomic mass is 10.2. The molecule has 1 aliphatic heterocycles. The third-order valence-corrected chi connectivity index (χ3v) is 2.56. The van der Waals surface area contributed by atoms with Crippen LogP contribution in [-0.4, -0.2) is 26.2 Å². The number of carbonyl (C=O) groups is 1. The minimum atomic E-state index is 0.0134. The third-order valence-electron chi connectivity index (χ3n) is 2.56. The van der Waals surface area contributed by atoms with Crippen molar-refractivity contribution in [2.45, 2.75) is 13.3 Å². The van der Waals surface area contributed by atoms with Crippen LogP contribution in [0.2, 0.25) is 0 Å². The van der Waals surface area contributed by atoms with Gasteiger partial charge in [0.1, 0.15) is 11.5 Å². The molecule has 0 saturated heterocycles. The van der Waals surface area contributed by atoms with E-state index in [9.17, 15) is 4.79 Å². The van der Waals surface area contributed by atoms with Gasteiger partial charge in [0.2, 0.25) is 0 Å². The van der Waals surface area contributed by atoms with Crippen LogP contribution in [0.25, 0.3) is 0 Å². The lowest BCUT2D eigenvalue weighted by Gasteiger charge is -2.29. The van der Waals surface area contributed by atoms with Gasteiger partial charge >= 0.3 is 0 Å². The number of benzene rings is 1. The maximum absolute atomic E-state index is 11.7. The predicted octanol–water partition coefficient (Wildman–Crippen LogP) is 1.83. The minimum Gasteiger partial charge on any atom is -0.497 e. The number of methoxy groups -OCH3 is 1. The average molecular weight is 221 g/mol. The molecule has 1 amide bonds. The zero-order valence-corrected chi connectivity index (χ0v) is 9.53. The third kappa shape index (κ3) is 1.83. The Balaban J connectivity index is 2.36. The van der Waals surface area contributed by atoms with Gasteiger partial charge in [-0.1, -0.05) is 6.92 Å². The summed E-state index contributed by atoms with van der Waals surface area (Å²) in [5.74, 6) is 1.47. The second-order valence-corrected chi connectivity index (χ2v) is 3.67. The summed E-state index contributed by atoms with van der Waals surface area (Å²) in [5, 5.41) is 0. The van der Waals surface area contributed by atoms with E-state index < -0.39 is 0 Å². The smallest absolute Gasteiger partial charge is 0.265 e. The molecule has 16 heavy (non-hydrogen) atoms. The van der Waals surface area contributed by atoms with Gasteiger partial charge in [-0.15, -0.1) is 0 Å². The SMILES string of the molecule is CCCN1C(=O)COc2cc(OC)ccc21. The zero-order valence-electron chi connectivity index (χ0n) is 9.53. The van der Waals surface area contributed by atoms with Crippen LogP contribution in [0.5, 0.6) is 11.5 Å². The molecule has 0 spiro atoms. The highest BCUT2D eigenvalue weighted by Crippen LogP contribution is 2.35. The highest BCUT2D eigenvalue weighted by atomic mass is 16.5. The van der Waals surface area contributed by atoms with E-state index >= 15 is 0 Å². The maximum atomic E-state index is 11.7. The molecule has 0 radical (unpaired) electrons. The zero-order chi connectivity index (χ0) is 11.5. The van der Waals surface area contributed by atoms with Crippen LogP contribution in [0.3, 0.4) is 0 Å². The second-order valence-electron chi connectivity index (χ2n) is 3.67. The van der Waals surface area contributed by atoms with Crippen molar-refractivity contribution in [2.24, 2.45) is 0 Å². The number of ether oxygens (including phenoxy) is 2. The topological polar surface area (TPSA) is 38.8 Å². The molecule has 2 rings (SSSR count). The Morgan fingerprint density at radius 2 is 2.31 bits per heavy atom. The highest BCUT2D eigenvalue weighted by molar-refractivity contribution is 5.97. The van der Waals surface area contributed by atoms with Gasteiger partial charge in [0.05, 0.1) is 12.8 Å². The Morgan fingerprint density at radius 1 is 1.50 bits per heavy atom. The van der Waals surface area contributed by atoms with Crippen LogP contribution in [0.15, 0.2) is 18.2 Å². The second kappa shape index (κ2) is 4.43. The molecule has 0 aliphatic carbocycles. The van der Waals surface area contributed by atoms with E-state index in [4.69, 9.17) is 9.47 Å². The summed E-state index contributed by atoms with van der Waals surface area (Å²) in [4.78, 5) is 13.4. The van der Waals surface area contributed by atoms with Crippen molar-refractivity contribution < 1.29 is 14.3 Å². The fraction of sp³-hybridized carbons (Fsp3) is 0.417. The van der Waals surface area contributed by atoms with E-state index in [0.29, 0.717) is 5.75 Å². The van der Waals surface area contributed by atoms with E-state index in [1.165, 1.54) is 0 Å². The average Bonchev–Trinajstić information content (AvgIpc) is 2.32. The maximum Gasteiger partial charge on any atom is 0.265 e. The van der Waals surface area contributed by atoms with Crippen molar-refractivity contribution in [3.63, 3.8) is 0 Å². The van der Waals surface area contributed by atoms with Crippen LogP contribution in [-0.2, 0) is 4.79 Å². The van der Waals surface area contributed by atoms with E-state index in [1.807, 2.05) is 25.1 Å². The fourth-order valence-corrected chi connectivity index (χ4v) is 1.78. The predicted molar refractivity (Wildman–Crippen MR) is 61.1 cm³/mol. The number of nitrogens with zero attached hydrogens (tertiary/aromatic N) is 1. The Hall–Kier alpha value is -1.71. The summed E-state index contributed by atoms with van der Waals surface area (Å²) in [5.41, 5.74) is 0.832. The number of rotatable bonds is 3. The van der Waals surface area contributed by atoms with E-state index in [1.54, 1.807) is 12.0 Å². The number of amides is 1. The molecule has 0 bridgehead atoms. The summed E-state index contributed by atoms with van der Waals surface area (Å²) in [7, 11) is 1.61. The van der Waals surface area contributed by atoms with Gasteiger partial charge in [-0.05, 0) is 18.6 Å². The monoisotopic (exact) mass is 221 g/mol. The molecule has 1 aliphatic rings. The normalized spacial score (nSPS) is 14.4. The first-order chi connectivity index (χ1) is 7.76. The Kier molecular flexibility index (Phi) is 2.99. The van der Waals surface area contributed by atoms with Crippen molar-refractivity contribution in [3.05, 3.63) is 18.2 Å². The molecule has 1 aromatic carbocycles. The quantitative estimate of drug-likeness (QED) is 0.781. The summed E-state index contributed by atoms with van der Waals surface area (Å²) in [6, 6.07) is 5.51. The molecular formula is C12H15NO3. The molecule has 86 valence electrons. The largest absolute Gasteiger partial charge is 0.497 e. The number of anilines is 1. The number of hydrogen-bond donors (Lipinski definition) is 0. The molecular weight excluding hydrogens is 206 g/mol. The lowest BCUT2D eigenvalue weighted by molar-refractivity contribution is -0.121. The van der Waals surface area contributed by atoms with Crippen molar-refractivity contribution in [2.75, 3.05) is 25.2 Å². The Labute approximate surface area is 94.8 Å². The van der Waals surface area contributed by atoms with Crippen LogP contribution < -0.4 is 14.4 Å². The number of carbonyl (C=O) groups excluding carboxylic acids is 1. The van der Waals surface area contributed by atoms with E-state index in [2.05, 4.69) is 0 Å². The van der Waals surface area contributed by atoms with Gasteiger partial charge in [-0.25, -0.2) is 0 Å². The van der Waals surface area contributed by atoms with E-state index in [0.717, 1.165) is 24.4 Å². The first kappa shape index (κ1) is 10.8. The summed E-state index contributed by atoms with van der Waals surface area (Å²) >= 11 is 0. The standard InChI is InChI=1S/C12H15NO3/c1-3-6-13-10-5-4-9(15-2)7-11(10)16-8-12(13)14/h4-5,7H,3,6,8H2,1-2H3. The molecule has 4 heteroatoms. The van der Waals surface area contributed by atoms with Gasteiger partial charge in [0, 0.05) is 12.6 Å². The molecule has 0 unspecified atom stereocenters. The summed E-state index contributed by atoms with van der Waals surface area (Å²) in [6.07, 6.45) is 0.928. The van der Waals surface area contributed by atoms with Crippen LogP contribution >= 0.6 is 0 Å². The minimum absolute atomic E-state index is 0.0134. The highest BCUT2D eigenvalue weighted by Gasteiger charge is 2.24. The molecule has 1 aromatic rings. The van der Waals surface area contributed by atoms with Gasteiger partial charge < -0.3 is 14.4 Å². The molecule has 0 fully saturated rings. The molecule has 1 heterocycles. The van der Waals surface area contributed by atoms with Gasteiger partial charge in [-0.2, -0.15) is 0 Å². The fourth-order valence-electron chi connectivity index (χ4n) is 1.78. The molecule has 0 aromatic heterocycles. The van der Waals surface area contributed by atoms with Gasteiger partial charge in [-0.3, -0.25) is 4.79 Å². The molecule has 0 saturated carbocycles. The van der Waals surface area contributed by atoms with Crippen LogP contribution in [0, 0.1) is 0 Å². The first-order valence-corrected chi connectivity index (χ1v) is 5.37. The first-order valence-electron chi connectivity index (χ1n) is 5.37. The van der Waals surface area contributed by atoms with Gasteiger partial charge in [0.25, 0.3) is 5.91 Å². The summed E-state index contributed by atoms with van der Waals surface area (Å²) in [6.45, 7) is 2.88. The number of hydrogen-bond acceptors (Lipinski definition) is 3. The lowest BCUT2D eigenvalue weighted by Crippen LogP contribution is -2.39. The van der Waals surface area contributed by atoms with E-state index in [-0.39, 0.29) is 12.5 Å². The molecule has 0 atom stereocenters. The van der Waals surface area contributed by atoms with Crippen LogP contribution in [0.1, 0.15) is 13.3 Å². The molecule has 4 nitrogen and oxygen atoms in total. The Morgan fingerprint density at radius 3 is 3.00 bits per heavy atom. The van der Waals surface area contributed by atoms with Crippen LogP contribution in [0.4, 0.5) is 5.69 Å². The van der Waals surface area contributed by atoms with Crippen molar-refractivity contribution in [1.82, 2.24) is 0 Å². The van der Waals surface area contributed by atoms with Crippen molar-refractivity contribution in [3.8, 4) is 11.5 Å². The summed E-state index contributed by atoms with van der Waals surface area (Å²) < 4.78 is 10.5. The van der Waals surface area contributed by atoms with Crippen molar-refractivity contribution >= 4 is 11.6 Å². The number of fused-ring (bicyclic) bond motifs is 1. The Bertz CT molecular complexity index is 403.